The second-order valence-electron chi connectivity index (χ2n) is 4.99. The van der Waals surface area contributed by atoms with E-state index >= 15 is 0 Å². The van der Waals surface area contributed by atoms with Crippen molar-refractivity contribution in [1.29, 1.82) is 0 Å². The van der Waals surface area contributed by atoms with E-state index in [-0.39, 0.29) is 11.9 Å². The number of amides is 1. The van der Waals surface area contributed by atoms with E-state index in [1.165, 1.54) is 19.3 Å². The van der Waals surface area contributed by atoms with Gasteiger partial charge in [0.25, 0.3) is 0 Å². The fraction of sp³-hybridized carbons (Fsp3) is 0.643. The van der Waals surface area contributed by atoms with Crippen LogP contribution in [0.1, 0.15) is 50.8 Å². The van der Waals surface area contributed by atoms with Gasteiger partial charge < -0.3 is 15.1 Å². The van der Waals surface area contributed by atoms with Crippen LogP contribution in [0, 0.1) is 0 Å². The van der Waals surface area contributed by atoms with Gasteiger partial charge in [0.15, 0.2) is 0 Å². The number of nitrogens with one attached hydrogen (secondary N) is 2. The minimum absolute atomic E-state index is 0.0492. The van der Waals surface area contributed by atoms with Crippen molar-refractivity contribution in [3.05, 3.63) is 24.2 Å². The van der Waals surface area contributed by atoms with Gasteiger partial charge in [-0.1, -0.05) is 6.42 Å². The zero-order valence-corrected chi connectivity index (χ0v) is 10.9. The predicted octanol–water partition coefficient (Wildman–Crippen LogP) is 2.38. The van der Waals surface area contributed by atoms with E-state index in [2.05, 4.69) is 10.6 Å². The molecule has 2 unspecified atom stereocenters. The van der Waals surface area contributed by atoms with Crippen LogP contribution in [0.5, 0.6) is 0 Å². The smallest absolute Gasteiger partial charge is 0.220 e. The van der Waals surface area contributed by atoms with Crippen LogP contribution in [0.4, 0.5) is 0 Å². The fourth-order valence-corrected chi connectivity index (χ4v) is 2.40. The van der Waals surface area contributed by atoms with E-state index in [4.69, 9.17) is 4.42 Å². The highest BCUT2D eigenvalue weighted by molar-refractivity contribution is 5.76. The Kier molecular flexibility index (Phi) is 4.81. The summed E-state index contributed by atoms with van der Waals surface area (Å²) in [5, 5.41) is 6.42. The van der Waals surface area contributed by atoms with E-state index in [0.29, 0.717) is 12.5 Å². The molecular weight excluding hydrogens is 228 g/mol. The number of piperidine rings is 1. The second-order valence-corrected chi connectivity index (χ2v) is 4.99. The van der Waals surface area contributed by atoms with Crippen molar-refractivity contribution in [2.45, 2.75) is 51.1 Å². The highest BCUT2D eigenvalue weighted by Gasteiger charge is 2.16. The van der Waals surface area contributed by atoms with E-state index in [9.17, 15) is 4.79 Å². The third kappa shape index (κ3) is 3.88. The van der Waals surface area contributed by atoms with Crippen LogP contribution in [0.25, 0.3) is 0 Å². The minimum Gasteiger partial charge on any atom is -0.467 e. The Hall–Kier alpha value is -1.29. The third-order valence-corrected chi connectivity index (χ3v) is 3.48. The number of hydrogen-bond acceptors (Lipinski definition) is 3. The largest absolute Gasteiger partial charge is 0.467 e. The first kappa shape index (κ1) is 13.1. The van der Waals surface area contributed by atoms with Crippen molar-refractivity contribution in [3.63, 3.8) is 0 Å². The van der Waals surface area contributed by atoms with Crippen molar-refractivity contribution < 1.29 is 9.21 Å². The molecule has 100 valence electrons. The average molecular weight is 250 g/mol. The molecule has 18 heavy (non-hydrogen) atoms. The van der Waals surface area contributed by atoms with E-state index in [1.54, 1.807) is 6.26 Å². The lowest BCUT2D eigenvalue weighted by molar-refractivity contribution is -0.122. The maximum Gasteiger partial charge on any atom is 0.220 e. The van der Waals surface area contributed by atoms with Crippen molar-refractivity contribution in [2.75, 3.05) is 6.54 Å². The SMILES string of the molecule is CC(NC(=O)CCC1CCCCN1)c1ccco1. The molecular formula is C14H22N2O2. The Bertz CT molecular complexity index is 356. The lowest BCUT2D eigenvalue weighted by Gasteiger charge is -2.23. The average Bonchev–Trinajstić information content (AvgIpc) is 2.91. The van der Waals surface area contributed by atoms with Crippen molar-refractivity contribution >= 4 is 5.91 Å². The van der Waals surface area contributed by atoms with Gasteiger partial charge in [0.05, 0.1) is 12.3 Å². The molecule has 0 aromatic carbocycles. The summed E-state index contributed by atoms with van der Waals surface area (Å²) in [6, 6.07) is 4.19. The summed E-state index contributed by atoms with van der Waals surface area (Å²) in [7, 11) is 0. The first-order valence-corrected chi connectivity index (χ1v) is 6.82. The van der Waals surface area contributed by atoms with Crippen molar-refractivity contribution in [2.24, 2.45) is 0 Å². The summed E-state index contributed by atoms with van der Waals surface area (Å²) in [6.07, 6.45) is 6.88. The Morgan fingerprint density at radius 3 is 3.17 bits per heavy atom. The maximum atomic E-state index is 11.8. The summed E-state index contributed by atoms with van der Waals surface area (Å²) in [6.45, 7) is 3.03. The molecule has 2 N–H and O–H groups in total. The normalized spacial score (nSPS) is 21.5. The quantitative estimate of drug-likeness (QED) is 0.843. The van der Waals surface area contributed by atoms with Crippen molar-refractivity contribution in [1.82, 2.24) is 10.6 Å². The minimum atomic E-state index is -0.0492. The Labute approximate surface area is 108 Å². The molecule has 1 aromatic rings. The number of carbonyl (C=O) groups is 1. The lowest BCUT2D eigenvalue weighted by Crippen LogP contribution is -2.35. The summed E-state index contributed by atoms with van der Waals surface area (Å²) in [5.74, 6) is 0.908. The second kappa shape index (κ2) is 6.59. The molecule has 0 spiro atoms. The fourth-order valence-electron chi connectivity index (χ4n) is 2.40. The topological polar surface area (TPSA) is 54.3 Å². The Morgan fingerprint density at radius 1 is 1.61 bits per heavy atom. The molecule has 0 radical (unpaired) electrons. The van der Waals surface area contributed by atoms with Gasteiger partial charge in [0.1, 0.15) is 5.76 Å². The van der Waals surface area contributed by atoms with Gasteiger partial charge >= 0.3 is 0 Å². The van der Waals surface area contributed by atoms with E-state index in [1.807, 2.05) is 19.1 Å². The summed E-state index contributed by atoms with van der Waals surface area (Å²) in [5.41, 5.74) is 0. The Balaban J connectivity index is 1.68. The molecule has 0 saturated carbocycles. The molecule has 2 heterocycles. The van der Waals surface area contributed by atoms with Gasteiger partial charge in [0.2, 0.25) is 5.91 Å². The summed E-state index contributed by atoms with van der Waals surface area (Å²) < 4.78 is 5.26. The van der Waals surface area contributed by atoms with Gasteiger partial charge in [-0.25, -0.2) is 0 Å². The molecule has 4 nitrogen and oxygen atoms in total. The molecule has 4 heteroatoms. The molecule has 1 aromatic heterocycles. The molecule has 0 aliphatic carbocycles. The number of hydrogen-bond donors (Lipinski definition) is 2. The Morgan fingerprint density at radius 2 is 2.50 bits per heavy atom. The molecule has 1 aliphatic heterocycles. The highest BCUT2D eigenvalue weighted by Crippen LogP contribution is 2.14. The van der Waals surface area contributed by atoms with Crippen LogP contribution in [-0.4, -0.2) is 18.5 Å². The molecule has 0 bridgehead atoms. The zero-order valence-electron chi connectivity index (χ0n) is 10.9. The van der Waals surface area contributed by atoms with E-state index in [0.717, 1.165) is 18.7 Å². The van der Waals surface area contributed by atoms with Crippen molar-refractivity contribution in [3.8, 4) is 0 Å². The molecule has 1 saturated heterocycles. The third-order valence-electron chi connectivity index (χ3n) is 3.48. The molecule has 2 atom stereocenters. The first-order chi connectivity index (χ1) is 8.75. The molecule has 1 aliphatic rings. The number of carbonyl (C=O) groups excluding carboxylic acids is 1. The van der Waals surface area contributed by atoms with Crippen LogP contribution in [0.2, 0.25) is 0 Å². The highest BCUT2D eigenvalue weighted by atomic mass is 16.3. The number of rotatable bonds is 5. The monoisotopic (exact) mass is 250 g/mol. The molecule has 2 rings (SSSR count). The van der Waals surface area contributed by atoms with Crippen LogP contribution in [-0.2, 0) is 4.79 Å². The molecule has 1 fully saturated rings. The van der Waals surface area contributed by atoms with Gasteiger partial charge in [-0.3, -0.25) is 4.79 Å². The van der Waals surface area contributed by atoms with Crippen LogP contribution in [0.3, 0.4) is 0 Å². The zero-order chi connectivity index (χ0) is 12.8. The van der Waals surface area contributed by atoms with Crippen LogP contribution < -0.4 is 10.6 Å². The van der Waals surface area contributed by atoms with E-state index < -0.39 is 0 Å². The number of furan rings is 1. The van der Waals surface area contributed by atoms with Crippen LogP contribution >= 0.6 is 0 Å². The summed E-state index contributed by atoms with van der Waals surface area (Å²) in [4.78, 5) is 11.8. The maximum absolute atomic E-state index is 11.8. The molecule has 1 amide bonds. The van der Waals surface area contributed by atoms with Gasteiger partial charge in [-0.2, -0.15) is 0 Å². The standard InChI is InChI=1S/C14H22N2O2/c1-11(13-6-4-10-18-13)16-14(17)8-7-12-5-2-3-9-15-12/h4,6,10-12,15H,2-3,5,7-9H2,1H3,(H,16,17). The van der Waals surface area contributed by atoms with Gasteiger partial charge in [0, 0.05) is 12.5 Å². The van der Waals surface area contributed by atoms with Crippen LogP contribution in [0.15, 0.2) is 22.8 Å². The van der Waals surface area contributed by atoms with Gasteiger partial charge in [-0.15, -0.1) is 0 Å². The lowest BCUT2D eigenvalue weighted by atomic mass is 10.0. The van der Waals surface area contributed by atoms with Gasteiger partial charge in [-0.05, 0) is 44.9 Å². The predicted molar refractivity (Wildman–Crippen MR) is 70.1 cm³/mol. The summed E-state index contributed by atoms with van der Waals surface area (Å²) >= 11 is 0. The first-order valence-electron chi connectivity index (χ1n) is 6.82.